The first-order valence-corrected chi connectivity index (χ1v) is 9.08. The van der Waals surface area contributed by atoms with E-state index in [0.717, 1.165) is 5.92 Å². The summed E-state index contributed by atoms with van der Waals surface area (Å²) in [4.78, 5) is 26.1. The number of Topliss-reactive ketones (excluding diaryl/α,β-unsaturated/α-hetero) is 2. The highest BCUT2D eigenvalue weighted by Crippen LogP contribution is 2.32. The number of hydrogen-bond donors (Lipinski definition) is 0. The van der Waals surface area contributed by atoms with E-state index >= 15 is 0 Å². The molecule has 0 saturated carbocycles. The first-order valence-electron chi connectivity index (χ1n) is 7.57. The molecule has 0 bridgehead atoms. The molecule has 0 amide bonds. The van der Waals surface area contributed by atoms with Crippen LogP contribution in [0, 0.1) is 11.8 Å². The Balaban J connectivity index is 2.48. The second-order valence-electron chi connectivity index (χ2n) is 5.61. The zero-order chi connectivity index (χ0) is 18.7. The Kier molecular flexibility index (Phi) is 6.93. The highest BCUT2D eigenvalue weighted by molar-refractivity contribution is 6.39. The number of rotatable bonds is 6. The molecule has 0 aliphatic rings. The van der Waals surface area contributed by atoms with Crippen molar-refractivity contribution in [3.8, 4) is 0 Å². The molecule has 6 heteroatoms. The van der Waals surface area contributed by atoms with Crippen LogP contribution in [-0.2, 0) is 0 Å². The normalized spacial score (nSPS) is 11.2. The molecular weight excluding hydrogens is 402 g/mol. The van der Waals surface area contributed by atoms with Gasteiger partial charge in [0.1, 0.15) is 0 Å². The Morgan fingerprint density at radius 1 is 0.840 bits per heavy atom. The monoisotopic (exact) mass is 415 g/mol. The number of carbonyl (C=O) groups excluding carboxylic acids is 2. The van der Waals surface area contributed by atoms with E-state index in [1.54, 1.807) is 19.1 Å². The van der Waals surface area contributed by atoms with Crippen LogP contribution in [0.1, 0.15) is 41.0 Å². The van der Waals surface area contributed by atoms with Gasteiger partial charge in [-0.1, -0.05) is 60.3 Å². The molecule has 1 radical (unpaired) electrons. The molecule has 0 aliphatic carbocycles. The first-order chi connectivity index (χ1) is 11.8. The van der Waals surface area contributed by atoms with Gasteiger partial charge in [-0.3, -0.25) is 9.59 Å². The van der Waals surface area contributed by atoms with Gasteiger partial charge in [-0.2, -0.15) is 0 Å². The molecule has 2 nitrogen and oxygen atoms in total. The fraction of sp³-hybridized carbons (Fsp3) is 0.211. The van der Waals surface area contributed by atoms with Crippen LogP contribution >= 0.6 is 46.4 Å². The van der Waals surface area contributed by atoms with E-state index in [-0.39, 0.29) is 32.7 Å². The van der Waals surface area contributed by atoms with E-state index in [1.807, 2.05) is 6.92 Å². The van der Waals surface area contributed by atoms with E-state index in [9.17, 15) is 9.59 Å². The highest BCUT2D eigenvalue weighted by atomic mass is 35.5. The molecule has 0 N–H and O–H groups in total. The second-order valence-corrected chi connectivity index (χ2v) is 7.30. The summed E-state index contributed by atoms with van der Waals surface area (Å²) in [7, 11) is 0. The summed E-state index contributed by atoms with van der Waals surface area (Å²) < 4.78 is 0. The van der Waals surface area contributed by atoms with Crippen LogP contribution < -0.4 is 0 Å². The van der Waals surface area contributed by atoms with Gasteiger partial charge < -0.3 is 0 Å². The lowest BCUT2D eigenvalue weighted by Gasteiger charge is -2.21. The average molecular weight is 417 g/mol. The molecule has 131 valence electrons. The van der Waals surface area contributed by atoms with Gasteiger partial charge in [-0.25, -0.2) is 0 Å². The summed E-state index contributed by atoms with van der Waals surface area (Å²) in [6.07, 6.45) is 0.568. The van der Waals surface area contributed by atoms with Crippen molar-refractivity contribution in [1.82, 2.24) is 0 Å². The van der Waals surface area contributed by atoms with Crippen molar-refractivity contribution in [3.63, 3.8) is 0 Å². The Hall–Kier alpha value is -1.06. The third kappa shape index (κ3) is 4.57. The second kappa shape index (κ2) is 8.55. The van der Waals surface area contributed by atoms with Crippen molar-refractivity contribution in [1.29, 1.82) is 0 Å². The lowest BCUT2D eigenvalue weighted by molar-refractivity contribution is 0.0816. The molecule has 0 atom stereocenters. The third-order valence-corrected chi connectivity index (χ3v) is 5.06. The maximum Gasteiger partial charge on any atom is 0.175 e. The Morgan fingerprint density at radius 2 is 1.24 bits per heavy atom. The minimum Gasteiger partial charge on any atom is -0.293 e. The van der Waals surface area contributed by atoms with Gasteiger partial charge in [-0.05, 0) is 48.7 Å². The van der Waals surface area contributed by atoms with Crippen LogP contribution in [0.25, 0.3) is 0 Å². The average Bonchev–Trinajstić information content (AvgIpc) is 2.54. The van der Waals surface area contributed by atoms with Crippen molar-refractivity contribution in [2.75, 3.05) is 0 Å². The van der Waals surface area contributed by atoms with Crippen LogP contribution in [0.15, 0.2) is 36.4 Å². The van der Waals surface area contributed by atoms with E-state index in [0.29, 0.717) is 16.5 Å². The Labute approximate surface area is 167 Å². The molecule has 2 aromatic rings. The molecule has 0 spiro atoms. The Morgan fingerprint density at radius 3 is 1.56 bits per heavy atom. The van der Waals surface area contributed by atoms with Gasteiger partial charge in [-0.15, -0.1) is 0 Å². The number of hydrogen-bond acceptors (Lipinski definition) is 2. The quantitative estimate of drug-likeness (QED) is 0.375. The van der Waals surface area contributed by atoms with Crippen molar-refractivity contribution in [3.05, 3.63) is 73.5 Å². The SMILES string of the molecule is CC[C](C)C(C(=O)c1ccc(Cl)cc1Cl)C(=O)c1ccc(Cl)cc1Cl. The fourth-order valence-corrected chi connectivity index (χ4v) is 3.46. The maximum absolute atomic E-state index is 13.0. The number of halogens is 4. The number of benzene rings is 2. The molecule has 0 saturated heterocycles. The fourth-order valence-electron chi connectivity index (χ4n) is 2.46. The molecule has 0 aliphatic heterocycles. The minimum absolute atomic E-state index is 0.210. The molecule has 0 fully saturated rings. The summed E-state index contributed by atoms with van der Waals surface area (Å²) in [5, 5.41) is 1.26. The Bertz CT molecular complexity index is 754. The molecule has 2 aromatic carbocycles. The van der Waals surface area contributed by atoms with Gasteiger partial charge in [0.05, 0.1) is 16.0 Å². The maximum atomic E-state index is 13.0. The predicted octanol–water partition coefficient (Wildman–Crippen LogP) is 6.99. The topological polar surface area (TPSA) is 34.1 Å². The summed E-state index contributed by atoms with van der Waals surface area (Å²) in [5.74, 6) is -0.997. The molecule has 0 heterocycles. The van der Waals surface area contributed by atoms with E-state index in [2.05, 4.69) is 0 Å². The van der Waals surface area contributed by atoms with E-state index in [1.165, 1.54) is 24.3 Å². The highest BCUT2D eigenvalue weighted by Gasteiger charge is 2.34. The van der Waals surface area contributed by atoms with Gasteiger partial charge in [0, 0.05) is 21.2 Å². The summed E-state index contributed by atoms with van der Waals surface area (Å²) in [6.45, 7) is 3.66. The predicted molar refractivity (Wildman–Crippen MR) is 104 cm³/mol. The van der Waals surface area contributed by atoms with Gasteiger partial charge in [0.15, 0.2) is 11.6 Å². The largest absolute Gasteiger partial charge is 0.293 e. The third-order valence-electron chi connectivity index (χ3n) is 3.97. The number of carbonyl (C=O) groups is 2. The van der Waals surface area contributed by atoms with E-state index in [4.69, 9.17) is 46.4 Å². The van der Waals surface area contributed by atoms with Crippen LogP contribution in [0.4, 0.5) is 0 Å². The zero-order valence-electron chi connectivity index (χ0n) is 13.6. The van der Waals surface area contributed by atoms with E-state index < -0.39 is 5.92 Å². The van der Waals surface area contributed by atoms with Crippen LogP contribution in [0.5, 0.6) is 0 Å². The van der Waals surface area contributed by atoms with Gasteiger partial charge in [0.25, 0.3) is 0 Å². The minimum atomic E-state index is -0.970. The summed E-state index contributed by atoms with van der Waals surface area (Å²) >= 11 is 24.1. The number of ketones is 2. The van der Waals surface area contributed by atoms with Crippen LogP contribution in [-0.4, -0.2) is 11.6 Å². The first kappa shape index (κ1) is 20.3. The zero-order valence-corrected chi connectivity index (χ0v) is 16.6. The van der Waals surface area contributed by atoms with Crippen LogP contribution in [0.3, 0.4) is 0 Å². The van der Waals surface area contributed by atoms with Crippen molar-refractivity contribution < 1.29 is 9.59 Å². The molecule has 2 rings (SSSR count). The lowest BCUT2D eigenvalue weighted by Crippen LogP contribution is -2.29. The lowest BCUT2D eigenvalue weighted by atomic mass is 9.80. The van der Waals surface area contributed by atoms with Crippen molar-refractivity contribution in [2.45, 2.75) is 20.3 Å². The summed E-state index contributed by atoms with van der Waals surface area (Å²) in [6, 6.07) is 9.15. The smallest absolute Gasteiger partial charge is 0.175 e. The molecule has 25 heavy (non-hydrogen) atoms. The standard InChI is InChI=1S/C19H15Cl4O2/c1-3-10(2)17(18(24)13-6-4-11(20)8-15(13)22)19(25)14-7-5-12(21)9-16(14)23/h4-9,17H,3H2,1-2H3. The van der Waals surface area contributed by atoms with Crippen molar-refractivity contribution >= 4 is 58.0 Å². The molecule has 0 aromatic heterocycles. The summed E-state index contributed by atoms with van der Waals surface area (Å²) in [5.41, 5.74) is 0.504. The van der Waals surface area contributed by atoms with Crippen LogP contribution in [0.2, 0.25) is 20.1 Å². The van der Waals surface area contributed by atoms with Gasteiger partial charge in [0.2, 0.25) is 0 Å². The molecular formula is C19H15Cl4O2. The van der Waals surface area contributed by atoms with Crippen molar-refractivity contribution in [2.24, 2.45) is 5.92 Å². The van der Waals surface area contributed by atoms with Gasteiger partial charge >= 0.3 is 0 Å². The molecule has 0 unspecified atom stereocenters.